The summed E-state index contributed by atoms with van der Waals surface area (Å²) in [6.07, 6.45) is 0. The van der Waals surface area contributed by atoms with Gasteiger partial charge in [-0.1, -0.05) is 19.9 Å². The first-order chi connectivity index (χ1) is 14.5. The molecule has 0 bridgehead atoms. The molecule has 1 N–H and O–H groups in total. The summed E-state index contributed by atoms with van der Waals surface area (Å²) in [4.78, 5) is 13.3. The maximum absolute atomic E-state index is 5.95. The average molecular weight is 434 g/mol. The van der Waals surface area contributed by atoms with E-state index in [9.17, 15) is 0 Å². The van der Waals surface area contributed by atoms with Crippen molar-refractivity contribution in [3.8, 4) is 11.5 Å². The fourth-order valence-corrected chi connectivity index (χ4v) is 3.73. The van der Waals surface area contributed by atoms with Crippen LogP contribution in [0.3, 0.4) is 0 Å². The number of aliphatic imine (C=N–C) groups is 1. The molecular formula is C22H35N5O2S. The number of rotatable bonds is 11. The minimum atomic E-state index is 0.642. The Morgan fingerprint density at radius 3 is 2.60 bits per heavy atom. The molecule has 0 aliphatic heterocycles. The van der Waals surface area contributed by atoms with Gasteiger partial charge in [0, 0.05) is 32.6 Å². The van der Waals surface area contributed by atoms with Gasteiger partial charge in [-0.2, -0.15) is 0 Å². The maximum Gasteiger partial charge on any atom is 0.194 e. The summed E-state index contributed by atoms with van der Waals surface area (Å²) >= 11 is 1.66. The fraction of sp³-hybridized carbons (Fsp3) is 0.545. The summed E-state index contributed by atoms with van der Waals surface area (Å²) in [5.74, 6) is 2.34. The summed E-state index contributed by atoms with van der Waals surface area (Å²) in [7, 11) is 5.47. The minimum Gasteiger partial charge on any atom is -0.493 e. The van der Waals surface area contributed by atoms with Crippen molar-refractivity contribution in [1.82, 2.24) is 20.1 Å². The average Bonchev–Trinajstić information content (AvgIpc) is 3.16. The highest BCUT2D eigenvalue weighted by molar-refractivity contribution is 7.09. The number of hydrogen-bond acceptors (Lipinski definition) is 6. The van der Waals surface area contributed by atoms with Crippen LogP contribution in [0.15, 0.2) is 28.6 Å². The minimum absolute atomic E-state index is 0.642. The van der Waals surface area contributed by atoms with Gasteiger partial charge in [-0.25, -0.2) is 4.98 Å². The standard InChI is InChI=1S/C22H35N5O2S/c1-7-27(8-2)11-12-29-20-10-9-18(13-21(20)28-6)14-24-22(23-4)26(5)15-19-16-30-17(3)25-19/h9-10,13,16H,7-8,11-12,14-15H2,1-6H3,(H,23,24). The van der Waals surface area contributed by atoms with Gasteiger partial charge >= 0.3 is 0 Å². The molecule has 0 atom stereocenters. The SMILES string of the molecule is CCN(CC)CCOc1ccc(CNC(=NC)N(C)Cc2csc(C)n2)cc1OC. The van der Waals surface area contributed by atoms with Crippen molar-refractivity contribution in [3.05, 3.63) is 39.8 Å². The monoisotopic (exact) mass is 433 g/mol. The lowest BCUT2D eigenvalue weighted by atomic mass is 10.2. The zero-order valence-electron chi connectivity index (χ0n) is 19.1. The topological polar surface area (TPSA) is 62.2 Å². The van der Waals surface area contributed by atoms with Crippen LogP contribution in [0.4, 0.5) is 0 Å². The number of nitrogens with one attached hydrogen (secondary N) is 1. The highest BCUT2D eigenvalue weighted by atomic mass is 32.1. The molecule has 2 aromatic rings. The molecule has 1 heterocycles. The predicted molar refractivity (Wildman–Crippen MR) is 125 cm³/mol. The highest BCUT2D eigenvalue weighted by Crippen LogP contribution is 2.28. The largest absolute Gasteiger partial charge is 0.493 e. The molecule has 0 saturated carbocycles. The first kappa shape index (κ1) is 24.0. The van der Waals surface area contributed by atoms with Gasteiger partial charge in [-0.05, 0) is 37.7 Å². The summed E-state index contributed by atoms with van der Waals surface area (Å²) < 4.78 is 11.5. The van der Waals surface area contributed by atoms with E-state index in [0.29, 0.717) is 19.7 Å². The molecule has 30 heavy (non-hydrogen) atoms. The smallest absolute Gasteiger partial charge is 0.194 e. The Labute approximate surface area is 184 Å². The summed E-state index contributed by atoms with van der Waals surface area (Å²) in [5, 5.41) is 6.57. The molecule has 0 aliphatic carbocycles. The number of nitrogens with zero attached hydrogens (tertiary/aromatic N) is 4. The van der Waals surface area contributed by atoms with Crippen LogP contribution in [0.2, 0.25) is 0 Å². The van der Waals surface area contributed by atoms with E-state index in [2.05, 4.69) is 50.4 Å². The van der Waals surface area contributed by atoms with E-state index < -0.39 is 0 Å². The molecule has 0 saturated heterocycles. The van der Waals surface area contributed by atoms with Crippen LogP contribution in [0.1, 0.15) is 30.1 Å². The molecule has 1 aromatic carbocycles. The first-order valence-corrected chi connectivity index (χ1v) is 11.2. The van der Waals surface area contributed by atoms with Crippen LogP contribution < -0.4 is 14.8 Å². The van der Waals surface area contributed by atoms with Crippen molar-refractivity contribution >= 4 is 17.3 Å². The van der Waals surface area contributed by atoms with Crippen molar-refractivity contribution in [1.29, 1.82) is 0 Å². The van der Waals surface area contributed by atoms with E-state index in [-0.39, 0.29) is 0 Å². The Balaban J connectivity index is 1.92. The molecule has 0 spiro atoms. The van der Waals surface area contributed by atoms with Crippen LogP contribution in [0, 0.1) is 6.92 Å². The molecular weight excluding hydrogens is 398 g/mol. The second-order valence-corrected chi connectivity index (χ2v) is 8.04. The van der Waals surface area contributed by atoms with Crippen molar-refractivity contribution in [2.75, 3.05) is 47.4 Å². The van der Waals surface area contributed by atoms with E-state index >= 15 is 0 Å². The normalized spacial score (nSPS) is 11.6. The van der Waals surface area contributed by atoms with E-state index in [1.54, 1.807) is 25.5 Å². The highest BCUT2D eigenvalue weighted by Gasteiger charge is 2.11. The molecule has 0 radical (unpaired) electrons. The van der Waals surface area contributed by atoms with E-state index in [4.69, 9.17) is 9.47 Å². The number of likely N-dealkylation sites (N-methyl/N-ethyl adjacent to an activating group) is 1. The number of ether oxygens (including phenoxy) is 2. The van der Waals surface area contributed by atoms with E-state index in [1.807, 2.05) is 26.1 Å². The summed E-state index contributed by atoms with van der Waals surface area (Å²) in [6, 6.07) is 6.04. The Hall–Kier alpha value is -2.32. The molecule has 2 rings (SSSR count). The zero-order chi connectivity index (χ0) is 21.9. The van der Waals surface area contributed by atoms with Crippen LogP contribution in [-0.4, -0.2) is 68.2 Å². The van der Waals surface area contributed by atoms with Crippen molar-refractivity contribution in [3.63, 3.8) is 0 Å². The summed E-state index contributed by atoms with van der Waals surface area (Å²) in [6.45, 7) is 11.3. The third-order valence-electron chi connectivity index (χ3n) is 4.88. The van der Waals surface area contributed by atoms with Crippen LogP contribution in [0.5, 0.6) is 11.5 Å². The predicted octanol–water partition coefficient (Wildman–Crippen LogP) is 3.39. The number of methoxy groups -OCH3 is 1. The number of aromatic nitrogens is 1. The van der Waals surface area contributed by atoms with Gasteiger partial charge in [-0.3, -0.25) is 4.99 Å². The lowest BCUT2D eigenvalue weighted by Gasteiger charge is -2.21. The number of guanidine groups is 1. The Bertz CT molecular complexity index is 805. The second-order valence-electron chi connectivity index (χ2n) is 6.98. The van der Waals surface area contributed by atoms with Gasteiger partial charge in [-0.15, -0.1) is 11.3 Å². The van der Waals surface area contributed by atoms with Gasteiger partial charge < -0.3 is 24.6 Å². The lowest BCUT2D eigenvalue weighted by Crippen LogP contribution is -2.38. The van der Waals surface area contributed by atoms with Crippen LogP contribution in [0.25, 0.3) is 0 Å². The van der Waals surface area contributed by atoms with Gasteiger partial charge in [0.2, 0.25) is 0 Å². The van der Waals surface area contributed by atoms with Gasteiger partial charge in [0.1, 0.15) is 6.61 Å². The molecule has 0 aliphatic rings. The molecule has 0 fully saturated rings. The zero-order valence-corrected chi connectivity index (χ0v) is 19.9. The molecule has 0 amide bonds. The van der Waals surface area contributed by atoms with E-state index in [0.717, 1.165) is 53.4 Å². The number of aryl methyl sites for hydroxylation is 1. The van der Waals surface area contributed by atoms with Crippen molar-refractivity contribution < 1.29 is 9.47 Å². The van der Waals surface area contributed by atoms with Gasteiger partial charge in [0.15, 0.2) is 17.5 Å². The van der Waals surface area contributed by atoms with Gasteiger partial charge in [0.05, 0.1) is 24.4 Å². The third-order valence-corrected chi connectivity index (χ3v) is 5.70. The van der Waals surface area contributed by atoms with E-state index in [1.165, 1.54) is 0 Å². The molecule has 1 aromatic heterocycles. The lowest BCUT2D eigenvalue weighted by molar-refractivity contribution is 0.217. The number of benzene rings is 1. The molecule has 166 valence electrons. The molecule has 7 nitrogen and oxygen atoms in total. The third kappa shape index (κ3) is 7.18. The fourth-order valence-electron chi connectivity index (χ4n) is 3.13. The maximum atomic E-state index is 5.95. The van der Waals surface area contributed by atoms with Crippen molar-refractivity contribution in [2.24, 2.45) is 4.99 Å². The quantitative estimate of drug-likeness (QED) is 0.433. The number of hydrogen-bond donors (Lipinski definition) is 1. The number of thiazole rings is 1. The Morgan fingerprint density at radius 1 is 1.23 bits per heavy atom. The Kier molecular flexibility index (Phi) is 9.89. The van der Waals surface area contributed by atoms with Crippen LogP contribution >= 0.6 is 11.3 Å². The van der Waals surface area contributed by atoms with Gasteiger partial charge in [0.25, 0.3) is 0 Å². The Morgan fingerprint density at radius 2 is 2.00 bits per heavy atom. The molecule has 0 unspecified atom stereocenters. The first-order valence-electron chi connectivity index (χ1n) is 10.4. The molecule has 8 heteroatoms. The van der Waals surface area contributed by atoms with Crippen molar-refractivity contribution in [2.45, 2.75) is 33.9 Å². The summed E-state index contributed by atoms with van der Waals surface area (Å²) in [5.41, 5.74) is 2.15. The van der Waals surface area contributed by atoms with Crippen LogP contribution in [-0.2, 0) is 13.1 Å². The second kappa shape index (κ2) is 12.4.